The molecule has 1 aliphatic heterocycles. The standard InChI is InChI=1S/C9H17NO3/c11-5-1-2-7-3-4-10-6-8(7)9(12)13/h7-8,10-11H,1-6H2,(H,12,13). The lowest BCUT2D eigenvalue weighted by Gasteiger charge is -2.28. The van der Waals surface area contributed by atoms with Crippen LogP contribution in [0, 0.1) is 11.8 Å². The first kappa shape index (κ1) is 10.5. The molecule has 1 rings (SSSR count). The Morgan fingerprint density at radius 1 is 1.54 bits per heavy atom. The smallest absolute Gasteiger partial charge is 0.308 e. The highest BCUT2D eigenvalue weighted by atomic mass is 16.4. The molecule has 0 aliphatic carbocycles. The molecule has 0 aromatic carbocycles. The monoisotopic (exact) mass is 187 g/mol. The van der Waals surface area contributed by atoms with Crippen LogP contribution in [-0.4, -0.2) is 35.9 Å². The third-order valence-electron chi connectivity index (χ3n) is 2.68. The summed E-state index contributed by atoms with van der Waals surface area (Å²) in [5.41, 5.74) is 0. The van der Waals surface area contributed by atoms with E-state index in [-0.39, 0.29) is 18.4 Å². The van der Waals surface area contributed by atoms with E-state index in [2.05, 4.69) is 5.32 Å². The average molecular weight is 187 g/mol. The topological polar surface area (TPSA) is 69.6 Å². The van der Waals surface area contributed by atoms with Gasteiger partial charge in [0.1, 0.15) is 0 Å². The summed E-state index contributed by atoms with van der Waals surface area (Å²) in [5, 5.41) is 20.6. The number of nitrogens with one attached hydrogen (secondary N) is 1. The van der Waals surface area contributed by atoms with Crippen molar-refractivity contribution in [2.45, 2.75) is 19.3 Å². The largest absolute Gasteiger partial charge is 0.481 e. The maximum absolute atomic E-state index is 10.8. The Balaban J connectivity index is 2.41. The van der Waals surface area contributed by atoms with Crippen molar-refractivity contribution in [3.8, 4) is 0 Å². The van der Waals surface area contributed by atoms with Crippen molar-refractivity contribution in [2.24, 2.45) is 11.8 Å². The zero-order valence-corrected chi connectivity index (χ0v) is 7.70. The van der Waals surface area contributed by atoms with Crippen LogP contribution in [0.2, 0.25) is 0 Å². The van der Waals surface area contributed by atoms with Gasteiger partial charge in [0, 0.05) is 13.2 Å². The van der Waals surface area contributed by atoms with E-state index in [1.54, 1.807) is 0 Å². The van der Waals surface area contributed by atoms with Crippen LogP contribution in [0.5, 0.6) is 0 Å². The van der Waals surface area contributed by atoms with Crippen molar-refractivity contribution in [2.75, 3.05) is 19.7 Å². The van der Waals surface area contributed by atoms with Crippen molar-refractivity contribution < 1.29 is 15.0 Å². The number of carboxylic acids is 1. The fourth-order valence-corrected chi connectivity index (χ4v) is 1.90. The predicted octanol–water partition coefficient (Wildman–Crippen LogP) is 0.0692. The molecule has 0 amide bonds. The van der Waals surface area contributed by atoms with E-state index < -0.39 is 5.97 Å². The number of aliphatic hydroxyl groups is 1. The number of aliphatic hydroxyl groups excluding tert-OH is 1. The van der Waals surface area contributed by atoms with Crippen molar-refractivity contribution >= 4 is 5.97 Å². The first-order valence-corrected chi connectivity index (χ1v) is 4.80. The van der Waals surface area contributed by atoms with Crippen LogP contribution in [0.25, 0.3) is 0 Å². The first-order chi connectivity index (χ1) is 6.25. The Morgan fingerprint density at radius 3 is 2.92 bits per heavy atom. The Kier molecular flexibility index (Phi) is 4.18. The minimum Gasteiger partial charge on any atom is -0.481 e. The van der Waals surface area contributed by atoms with Gasteiger partial charge in [0.25, 0.3) is 0 Å². The zero-order valence-electron chi connectivity index (χ0n) is 7.70. The van der Waals surface area contributed by atoms with Crippen LogP contribution in [0.15, 0.2) is 0 Å². The highest BCUT2D eigenvalue weighted by Crippen LogP contribution is 2.23. The number of piperidine rings is 1. The van der Waals surface area contributed by atoms with Crippen LogP contribution in [-0.2, 0) is 4.79 Å². The van der Waals surface area contributed by atoms with Crippen molar-refractivity contribution in [3.63, 3.8) is 0 Å². The normalized spacial score (nSPS) is 28.7. The van der Waals surface area contributed by atoms with Crippen molar-refractivity contribution in [3.05, 3.63) is 0 Å². The lowest BCUT2D eigenvalue weighted by molar-refractivity contribution is -0.144. The molecular formula is C9H17NO3. The molecular weight excluding hydrogens is 170 g/mol. The fourth-order valence-electron chi connectivity index (χ4n) is 1.90. The molecule has 2 atom stereocenters. The molecule has 3 N–H and O–H groups in total. The molecule has 0 radical (unpaired) electrons. The Morgan fingerprint density at radius 2 is 2.31 bits per heavy atom. The summed E-state index contributed by atoms with van der Waals surface area (Å²) in [7, 11) is 0. The molecule has 0 aromatic heterocycles. The average Bonchev–Trinajstić information content (AvgIpc) is 2.15. The first-order valence-electron chi connectivity index (χ1n) is 4.80. The van der Waals surface area contributed by atoms with Gasteiger partial charge in [-0.15, -0.1) is 0 Å². The van der Waals surface area contributed by atoms with Gasteiger partial charge in [-0.2, -0.15) is 0 Å². The van der Waals surface area contributed by atoms with Crippen molar-refractivity contribution in [1.29, 1.82) is 0 Å². The number of hydrogen-bond acceptors (Lipinski definition) is 3. The Labute approximate surface area is 78.0 Å². The van der Waals surface area contributed by atoms with Gasteiger partial charge in [0.15, 0.2) is 0 Å². The van der Waals surface area contributed by atoms with E-state index in [1.165, 1.54) is 0 Å². The lowest BCUT2D eigenvalue weighted by Crippen LogP contribution is -2.40. The molecule has 76 valence electrons. The second-order valence-corrected chi connectivity index (χ2v) is 3.56. The predicted molar refractivity (Wildman–Crippen MR) is 48.4 cm³/mol. The molecule has 0 saturated carbocycles. The second kappa shape index (κ2) is 5.19. The second-order valence-electron chi connectivity index (χ2n) is 3.56. The van der Waals surface area contributed by atoms with Gasteiger partial charge in [-0.1, -0.05) is 0 Å². The lowest BCUT2D eigenvalue weighted by atomic mass is 9.83. The van der Waals surface area contributed by atoms with E-state index >= 15 is 0 Å². The molecule has 1 saturated heterocycles. The number of carbonyl (C=O) groups is 1. The number of hydrogen-bond donors (Lipinski definition) is 3. The molecule has 13 heavy (non-hydrogen) atoms. The van der Waals surface area contributed by atoms with Gasteiger partial charge in [-0.25, -0.2) is 0 Å². The molecule has 0 aromatic rings. The third-order valence-corrected chi connectivity index (χ3v) is 2.68. The number of rotatable bonds is 4. The highest BCUT2D eigenvalue weighted by Gasteiger charge is 2.29. The van der Waals surface area contributed by atoms with Gasteiger partial charge in [0.05, 0.1) is 5.92 Å². The Hall–Kier alpha value is -0.610. The molecule has 0 spiro atoms. The third kappa shape index (κ3) is 2.97. The minimum absolute atomic E-state index is 0.163. The maximum atomic E-state index is 10.8. The van der Waals surface area contributed by atoms with Gasteiger partial charge in [-0.3, -0.25) is 4.79 Å². The summed E-state index contributed by atoms with van der Waals surface area (Å²) >= 11 is 0. The molecule has 0 bridgehead atoms. The highest BCUT2D eigenvalue weighted by molar-refractivity contribution is 5.70. The van der Waals surface area contributed by atoms with Gasteiger partial charge >= 0.3 is 5.97 Å². The van der Waals surface area contributed by atoms with Crippen LogP contribution in [0.1, 0.15) is 19.3 Å². The molecule has 1 aliphatic rings. The van der Waals surface area contributed by atoms with E-state index in [4.69, 9.17) is 10.2 Å². The minimum atomic E-state index is -0.713. The van der Waals surface area contributed by atoms with E-state index in [1.807, 2.05) is 0 Å². The van der Waals surface area contributed by atoms with Gasteiger partial charge < -0.3 is 15.5 Å². The van der Waals surface area contributed by atoms with Crippen LogP contribution >= 0.6 is 0 Å². The SMILES string of the molecule is O=C(O)C1CNCCC1CCCO. The maximum Gasteiger partial charge on any atom is 0.308 e. The zero-order chi connectivity index (χ0) is 9.68. The van der Waals surface area contributed by atoms with Gasteiger partial charge in [0.2, 0.25) is 0 Å². The molecule has 1 heterocycles. The van der Waals surface area contributed by atoms with E-state index in [0.717, 1.165) is 19.4 Å². The summed E-state index contributed by atoms with van der Waals surface area (Å²) in [6.07, 6.45) is 2.46. The summed E-state index contributed by atoms with van der Waals surface area (Å²) < 4.78 is 0. The van der Waals surface area contributed by atoms with Crippen LogP contribution < -0.4 is 5.32 Å². The summed E-state index contributed by atoms with van der Waals surface area (Å²) in [5.74, 6) is -0.735. The summed E-state index contributed by atoms with van der Waals surface area (Å²) in [6, 6.07) is 0. The molecule has 2 unspecified atom stereocenters. The summed E-state index contributed by atoms with van der Waals surface area (Å²) in [6.45, 7) is 1.64. The van der Waals surface area contributed by atoms with E-state index in [0.29, 0.717) is 13.0 Å². The molecule has 4 nitrogen and oxygen atoms in total. The van der Waals surface area contributed by atoms with Crippen molar-refractivity contribution in [1.82, 2.24) is 5.32 Å². The van der Waals surface area contributed by atoms with E-state index in [9.17, 15) is 4.79 Å². The molecule has 1 fully saturated rings. The summed E-state index contributed by atoms with van der Waals surface area (Å²) in [4.78, 5) is 10.8. The number of aliphatic carboxylic acids is 1. The number of carboxylic acid groups (broad SMARTS) is 1. The quantitative estimate of drug-likeness (QED) is 0.582. The fraction of sp³-hybridized carbons (Fsp3) is 0.889. The van der Waals surface area contributed by atoms with Crippen LogP contribution in [0.4, 0.5) is 0 Å². The van der Waals surface area contributed by atoms with Crippen LogP contribution in [0.3, 0.4) is 0 Å². The Bertz CT molecular complexity index is 172. The van der Waals surface area contributed by atoms with Gasteiger partial charge in [-0.05, 0) is 31.7 Å². The molecule has 4 heteroatoms.